The number of carboxylic acids is 1. The van der Waals surface area contributed by atoms with E-state index < -0.39 is 17.6 Å². The highest BCUT2D eigenvalue weighted by atomic mass is 16.5. The van der Waals surface area contributed by atoms with Crippen molar-refractivity contribution in [2.24, 2.45) is 0 Å². The first kappa shape index (κ1) is 13.0. The Balaban J connectivity index is 2.57. The van der Waals surface area contributed by atoms with Gasteiger partial charge in [-0.15, -0.1) is 0 Å². The third kappa shape index (κ3) is 2.95. The molecule has 0 aromatic rings. The van der Waals surface area contributed by atoms with E-state index in [9.17, 15) is 9.59 Å². The van der Waals surface area contributed by atoms with Crippen LogP contribution < -0.4 is 5.32 Å². The van der Waals surface area contributed by atoms with E-state index in [0.717, 1.165) is 12.8 Å². The topological polar surface area (TPSA) is 75.6 Å². The summed E-state index contributed by atoms with van der Waals surface area (Å²) in [4.78, 5) is 22.7. The summed E-state index contributed by atoms with van der Waals surface area (Å²) in [5.41, 5.74) is -0.846. The molecular formula is C11H19NO4. The van der Waals surface area contributed by atoms with E-state index in [0.29, 0.717) is 19.4 Å². The minimum Gasteiger partial charge on any atom is -0.480 e. The molecule has 1 saturated heterocycles. The summed E-state index contributed by atoms with van der Waals surface area (Å²) in [6.07, 6.45) is 2.65. The zero-order chi connectivity index (χ0) is 12.2. The lowest BCUT2D eigenvalue weighted by molar-refractivity contribution is -0.147. The Bertz CT molecular complexity index is 271. The lowest BCUT2D eigenvalue weighted by atomic mass is 10.0. The number of rotatable bonds is 5. The Morgan fingerprint density at radius 2 is 2.25 bits per heavy atom. The SMILES string of the molecule is CCCC(NC(=O)C1(C)CCCO1)C(=O)O. The molecule has 5 nitrogen and oxygen atoms in total. The fraction of sp³-hybridized carbons (Fsp3) is 0.818. The van der Waals surface area contributed by atoms with Gasteiger partial charge in [-0.25, -0.2) is 4.79 Å². The molecule has 0 aliphatic carbocycles. The van der Waals surface area contributed by atoms with Gasteiger partial charge in [-0.05, 0) is 26.2 Å². The summed E-state index contributed by atoms with van der Waals surface area (Å²) in [6.45, 7) is 4.16. The maximum atomic E-state index is 11.9. The molecule has 0 spiro atoms. The van der Waals surface area contributed by atoms with Crippen molar-refractivity contribution in [1.82, 2.24) is 5.32 Å². The van der Waals surface area contributed by atoms with E-state index in [4.69, 9.17) is 9.84 Å². The molecule has 0 aromatic heterocycles. The van der Waals surface area contributed by atoms with E-state index in [-0.39, 0.29) is 5.91 Å². The molecule has 1 aliphatic heterocycles. The van der Waals surface area contributed by atoms with Crippen LogP contribution in [0.5, 0.6) is 0 Å². The molecule has 2 atom stereocenters. The summed E-state index contributed by atoms with van der Waals surface area (Å²) in [7, 11) is 0. The first-order chi connectivity index (χ1) is 7.49. The van der Waals surface area contributed by atoms with Crippen LogP contribution in [0.1, 0.15) is 39.5 Å². The third-order valence-corrected chi connectivity index (χ3v) is 2.88. The fourth-order valence-corrected chi connectivity index (χ4v) is 1.82. The van der Waals surface area contributed by atoms with Crippen LogP contribution >= 0.6 is 0 Å². The van der Waals surface area contributed by atoms with Gasteiger partial charge in [0.2, 0.25) is 0 Å². The second kappa shape index (κ2) is 5.30. The molecular weight excluding hydrogens is 210 g/mol. The molecule has 0 aromatic carbocycles. The number of ether oxygens (including phenoxy) is 1. The van der Waals surface area contributed by atoms with E-state index in [1.807, 2.05) is 6.92 Å². The number of amides is 1. The van der Waals surface area contributed by atoms with Crippen molar-refractivity contribution < 1.29 is 19.4 Å². The highest BCUT2D eigenvalue weighted by Crippen LogP contribution is 2.25. The van der Waals surface area contributed by atoms with Gasteiger partial charge in [0.1, 0.15) is 11.6 Å². The molecule has 2 unspecified atom stereocenters. The molecule has 0 bridgehead atoms. The average Bonchev–Trinajstić information content (AvgIpc) is 2.65. The molecule has 0 radical (unpaired) electrons. The lowest BCUT2D eigenvalue weighted by Crippen LogP contribution is -2.50. The van der Waals surface area contributed by atoms with Gasteiger partial charge in [-0.1, -0.05) is 13.3 Å². The van der Waals surface area contributed by atoms with Gasteiger partial charge in [0.15, 0.2) is 0 Å². The van der Waals surface area contributed by atoms with Crippen LogP contribution in [-0.4, -0.2) is 35.2 Å². The zero-order valence-corrected chi connectivity index (χ0v) is 9.78. The normalized spacial score (nSPS) is 26.4. The van der Waals surface area contributed by atoms with Crippen LogP contribution in [0.3, 0.4) is 0 Å². The quantitative estimate of drug-likeness (QED) is 0.735. The van der Waals surface area contributed by atoms with Gasteiger partial charge >= 0.3 is 5.97 Å². The Morgan fingerprint density at radius 1 is 1.56 bits per heavy atom. The smallest absolute Gasteiger partial charge is 0.326 e. The number of nitrogens with one attached hydrogen (secondary N) is 1. The molecule has 1 fully saturated rings. The Labute approximate surface area is 95.2 Å². The summed E-state index contributed by atoms with van der Waals surface area (Å²) >= 11 is 0. The predicted molar refractivity (Wildman–Crippen MR) is 58.1 cm³/mol. The summed E-state index contributed by atoms with van der Waals surface area (Å²) in [5, 5.41) is 11.5. The maximum Gasteiger partial charge on any atom is 0.326 e. The second-order valence-electron chi connectivity index (χ2n) is 4.34. The van der Waals surface area contributed by atoms with Crippen LogP contribution in [0.15, 0.2) is 0 Å². The average molecular weight is 229 g/mol. The van der Waals surface area contributed by atoms with Crippen LogP contribution in [-0.2, 0) is 14.3 Å². The maximum absolute atomic E-state index is 11.9. The van der Waals surface area contributed by atoms with Crippen LogP contribution in [0.4, 0.5) is 0 Å². The Morgan fingerprint density at radius 3 is 2.69 bits per heavy atom. The van der Waals surface area contributed by atoms with Gasteiger partial charge in [0, 0.05) is 6.61 Å². The molecule has 1 rings (SSSR count). The van der Waals surface area contributed by atoms with Gasteiger partial charge in [-0.2, -0.15) is 0 Å². The first-order valence-corrected chi connectivity index (χ1v) is 5.67. The summed E-state index contributed by atoms with van der Waals surface area (Å²) < 4.78 is 5.36. The molecule has 2 N–H and O–H groups in total. The highest BCUT2D eigenvalue weighted by Gasteiger charge is 2.39. The monoisotopic (exact) mass is 229 g/mol. The number of carboxylic acid groups (broad SMARTS) is 1. The summed E-state index contributed by atoms with van der Waals surface area (Å²) in [5.74, 6) is -1.30. The molecule has 1 aliphatic rings. The molecule has 92 valence electrons. The van der Waals surface area contributed by atoms with E-state index in [1.54, 1.807) is 6.92 Å². The van der Waals surface area contributed by atoms with E-state index >= 15 is 0 Å². The van der Waals surface area contributed by atoms with Crippen molar-refractivity contribution >= 4 is 11.9 Å². The van der Waals surface area contributed by atoms with E-state index in [2.05, 4.69) is 5.32 Å². The largest absolute Gasteiger partial charge is 0.480 e. The van der Waals surface area contributed by atoms with Crippen LogP contribution in [0.2, 0.25) is 0 Å². The van der Waals surface area contributed by atoms with Gasteiger partial charge in [-0.3, -0.25) is 4.79 Å². The fourth-order valence-electron chi connectivity index (χ4n) is 1.82. The molecule has 16 heavy (non-hydrogen) atoms. The Kier molecular flexibility index (Phi) is 4.29. The molecule has 1 heterocycles. The van der Waals surface area contributed by atoms with Gasteiger partial charge in [0.05, 0.1) is 0 Å². The molecule has 1 amide bonds. The standard InChI is InChI=1S/C11H19NO4/c1-3-5-8(9(13)14)12-10(15)11(2)6-4-7-16-11/h8H,3-7H2,1-2H3,(H,12,15)(H,13,14). The van der Waals surface area contributed by atoms with Crippen LogP contribution in [0.25, 0.3) is 0 Å². The van der Waals surface area contributed by atoms with Crippen molar-refractivity contribution in [3.05, 3.63) is 0 Å². The van der Waals surface area contributed by atoms with Gasteiger partial charge < -0.3 is 15.2 Å². The van der Waals surface area contributed by atoms with Crippen molar-refractivity contribution in [3.8, 4) is 0 Å². The Hall–Kier alpha value is -1.10. The lowest BCUT2D eigenvalue weighted by Gasteiger charge is -2.24. The number of hydrogen-bond donors (Lipinski definition) is 2. The van der Waals surface area contributed by atoms with Crippen LogP contribution in [0, 0.1) is 0 Å². The second-order valence-corrected chi connectivity index (χ2v) is 4.34. The van der Waals surface area contributed by atoms with Crippen molar-refractivity contribution in [2.75, 3.05) is 6.61 Å². The molecule has 0 saturated carbocycles. The van der Waals surface area contributed by atoms with Crippen molar-refractivity contribution in [3.63, 3.8) is 0 Å². The van der Waals surface area contributed by atoms with Crippen molar-refractivity contribution in [2.45, 2.75) is 51.2 Å². The number of hydrogen-bond acceptors (Lipinski definition) is 3. The number of aliphatic carboxylic acids is 1. The van der Waals surface area contributed by atoms with Crippen molar-refractivity contribution in [1.29, 1.82) is 0 Å². The van der Waals surface area contributed by atoms with E-state index in [1.165, 1.54) is 0 Å². The molecule has 5 heteroatoms. The minimum atomic E-state index is -0.989. The first-order valence-electron chi connectivity index (χ1n) is 5.67. The minimum absolute atomic E-state index is 0.314. The number of carbonyl (C=O) groups is 2. The highest BCUT2D eigenvalue weighted by molar-refractivity contribution is 5.89. The number of carbonyl (C=O) groups excluding carboxylic acids is 1. The third-order valence-electron chi connectivity index (χ3n) is 2.88. The predicted octanol–water partition coefficient (Wildman–Crippen LogP) is 0.925. The summed E-state index contributed by atoms with van der Waals surface area (Å²) in [6, 6.07) is -0.807. The zero-order valence-electron chi connectivity index (χ0n) is 9.78. The van der Waals surface area contributed by atoms with Gasteiger partial charge in [0.25, 0.3) is 5.91 Å².